The van der Waals surface area contributed by atoms with Crippen LogP contribution in [-0.2, 0) is 33.6 Å². The zero-order valence-electron chi connectivity index (χ0n) is 19.8. The van der Waals surface area contributed by atoms with Crippen molar-refractivity contribution >= 4 is 29.4 Å². The Bertz CT molecular complexity index is 1250. The second-order valence-corrected chi connectivity index (χ2v) is 9.47. The molecule has 7 heteroatoms. The largest absolute Gasteiger partial charge is 0.481 e. The molecule has 0 saturated heterocycles. The Morgan fingerprint density at radius 3 is 2.44 bits per heavy atom. The SMILES string of the molecule is O=C(O)CCC(=O)N[C@@H](CC(=O)Oc1ccc2c(c1)CCC2)Cc1ccc(-c2cccc(Cl)c2)cc1. The predicted molar refractivity (Wildman–Crippen MR) is 138 cm³/mol. The van der Waals surface area contributed by atoms with Gasteiger partial charge in [-0.2, -0.15) is 0 Å². The third kappa shape index (κ3) is 7.18. The fraction of sp³-hybridized carbons (Fsp3) is 0.276. The van der Waals surface area contributed by atoms with Gasteiger partial charge in [0, 0.05) is 17.5 Å². The number of carbonyl (C=O) groups is 3. The molecule has 1 aliphatic carbocycles. The summed E-state index contributed by atoms with van der Waals surface area (Å²) in [5.74, 6) is -1.41. The fourth-order valence-corrected chi connectivity index (χ4v) is 4.66. The third-order valence-electron chi connectivity index (χ3n) is 6.24. The highest BCUT2D eigenvalue weighted by atomic mass is 35.5. The zero-order chi connectivity index (χ0) is 25.5. The highest BCUT2D eigenvalue weighted by Gasteiger charge is 2.20. The molecule has 0 aromatic heterocycles. The number of esters is 1. The summed E-state index contributed by atoms with van der Waals surface area (Å²) in [5.41, 5.74) is 5.41. The Hall–Kier alpha value is -3.64. The van der Waals surface area contributed by atoms with Gasteiger partial charge in [-0.15, -0.1) is 0 Å². The highest BCUT2D eigenvalue weighted by Crippen LogP contribution is 2.27. The number of benzene rings is 3. The Kier molecular flexibility index (Phi) is 8.39. The van der Waals surface area contributed by atoms with Crippen LogP contribution >= 0.6 is 11.6 Å². The molecule has 0 bridgehead atoms. The summed E-state index contributed by atoms with van der Waals surface area (Å²) >= 11 is 6.10. The van der Waals surface area contributed by atoms with E-state index in [1.165, 1.54) is 11.1 Å². The number of carboxylic acids is 1. The monoisotopic (exact) mass is 505 g/mol. The molecular formula is C29H28ClNO5. The Morgan fingerprint density at radius 2 is 1.69 bits per heavy atom. The van der Waals surface area contributed by atoms with Gasteiger partial charge in [-0.3, -0.25) is 14.4 Å². The average Bonchev–Trinajstić information content (AvgIpc) is 3.31. The van der Waals surface area contributed by atoms with E-state index in [1.54, 1.807) is 6.07 Å². The van der Waals surface area contributed by atoms with E-state index in [9.17, 15) is 14.4 Å². The lowest BCUT2D eigenvalue weighted by molar-refractivity contribution is -0.139. The molecule has 0 aliphatic heterocycles. The van der Waals surface area contributed by atoms with Crippen molar-refractivity contribution in [3.05, 3.63) is 88.4 Å². The molecule has 0 saturated carbocycles. The lowest BCUT2D eigenvalue weighted by Gasteiger charge is -2.19. The van der Waals surface area contributed by atoms with Gasteiger partial charge >= 0.3 is 11.9 Å². The van der Waals surface area contributed by atoms with Crippen LogP contribution in [0, 0.1) is 0 Å². The van der Waals surface area contributed by atoms with Gasteiger partial charge in [0.1, 0.15) is 5.75 Å². The normalized spacial score (nSPS) is 13.0. The van der Waals surface area contributed by atoms with Crippen molar-refractivity contribution in [3.63, 3.8) is 0 Å². The van der Waals surface area contributed by atoms with E-state index >= 15 is 0 Å². The number of aliphatic carboxylic acids is 1. The van der Waals surface area contributed by atoms with Crippen molar-refractivity contribution in [1.82, 2.24) is 5.32 Å². The van der Waals surface area contributed by atoms with Gasteiger partial charge in [-0.1, -0.05) is 54.1 Å². The standard InChI is InChI=1S/C29H28ClNO5/c30-24-6-2-5-22(16-24)21-9-7-19(8-10-21)15-25(31-27(32)13-14-28(33)34)18-29(35)36-26-12-11-20-3-1-4-23(20)17-26/h2,5-12,16-17,25H,1,3-4,13-15,18H2,(H,31,32)(H,33,34)/t25-/m1/s1. The molecule has 36 heavy (non-hydrogen) atoms. The number of halogens is 1. The smallest absolute Gasteiger partial charge is 0.313 e. The van der Waals surface area contributed by atoms with Crippen LogP contribution < -0.4 is 10.1 Å². The summed E-state index contributed by atoms with van der Waals surface area (Å²) in [6.45, 7) is 0. The van der Waals surface area contributed by atoms with Crippen molar-refractivity contribution < 1.29 is 24.2 Å². The maximum atomic E-state index is 12.8. The van der Waals surface area contributed by atoms with Crippen molar-refractivity contribution in [1.29, 1.82) is 0 Å². The first-order chi connectivity index (χ1) is 17.4. The number of carbonyl (C=O) groups excluding carboxylic acids is 2. The summed E-state index contributed by atoms with van der Waals surface area (Å²) in [7, 11) is 0. The van der Waals surface area contributed by atoms with Gasteiger partial charge in [-0.05, 0) is 77.8 Å². The molecule has 1 aliphatic rings. The maximum absolute atomic E-state index is 12.8. The highest BCUT2D eigenvalue weighted by molar-refractivity contribution is 6.30. The van der Waals surface area contributed by atoms with Gasteiger partial charge in [0.15, 0.2) is 0 Å². The molecule has 3 aromatic rings. The second kappa shape index (κ2) is 11.9. The molecule has 0 heterocycles. The second-order valence-electron chi connectivity index (χ2n) is 9.03. The van der Waals surface area contributed by atoms with Crippen molar-refractivity contribution in [2.75, 3.05) is 0 Å². The number of carboxylic acid groups (broad SMARTS) is 1. The van der Waals surface area contributed by atoms with Crippen LogP contribution in [0.3, 0.4) is 0 Å². The molecule has 0 radical (unpaired) electrons. The first kappa shape index (κ1) is 25.5. The number of amides is 1. The van der Waals surface area contributed by atoms with E-state index in [4.69, 9.17) is 21.4 Å². The first-order valence-electron chi connectivity index (χ1n) is 12.0. The Labute approximate surface area is 215 Å². The van der Waals surface area contributed by atoms with Crippen molar-refractivity contribution in [2.45, 2.75) is 51.0 Å². The topological polar surface area (TPSA) is 92.7 Å². The van der Waals surface area contributed by atoms with Crippen LogP contribution in [-0.4, -0.2) is 29.0 Å². The van der Waals surface area contributed by atoms with Crippen molar-refractivity contribution in [2.24, 2.45) is 0 Å². The molecule has 6 nitrogen and oxygen atoms in total. The molecule has 0 unspecified atom stereocenters. The Balaban J connectivity index is 1.43. The number of aryl methyl sites for hydroxylation is 2. The molecule has 0 spiro atoms. The summed E-state index contributed by atoms with van der Waals surface area (Å²) < 4.78 is 5.58. The van der Waals surface area contributed by atoms with Gasteiger partial charge in [0.05, 0.1) is 12.8 Å². The van der Waals surface area contributed by atoms with E-state index in [2.05, 4.69) is 5.32 Å². The van der Waals surface area contributed by atoms with Crippen LogP contribution in [0.4, 0.5) is 0 Å². The van der Waals surface area contributed by atoms with E-state index in [1.807, 2.05) is 60.7 Å². The minimum atomic E-state index is -1.05. The third-order valence-corrected chi connectivity index (χ3v) is 6.47. The molecule has 186 valence electrons. The minimum Gasteiger partial charge on any atom is -0.481 e. The number of ether oxygens (including phenoxy) is 1. The average molecular weight is 506 g/mol. The first-order valence-corrected chi connectivity index (χ1v) is 12.4. The van der Waals surface area contributed by atoms with Crippen molar-refractivity contribution in [3.8, 4) is 16.9 Å². The number of hydrogen-bond acceptors (Lipinski definition) is 4. The van der Waals surface area contributed by atoms with Crippen LogP contribution in [0.5, 0.6) is 5.75 Å². The van der Waals surface area contributed by atoms with Gasteiger partial charge in [0.25, 0.3) is 0 Å². The van der Waals surface area contributed by atoms with Crippen LogP contribution in [0.25, 0.3) is 11.1 Å². The van der Waals surface area contributed by atoms with E-state index in [0.717, 1.165) is 36.0 Å². The van der Waals surface area contributed by atoms with Crippen LogP contribution in [0.1, 0.15) is 42.4 Å². The maximum Gasteiger partial charge on any atom is 0.313 e. The zero-order valence-corrected chi connectivity index (χ0v) is 20.6. The number of rotatable bonds is 10. The molecule has 3 aromatic carbocycles. The summed E-state index contributed by atoms with van der Waals surface area (Å²) in [5, 5.41) is 12.4. The molecule has 2 N–H and O–H groups in total. The number of fused-ring (bicyclic) bond motifs is 1. The van der Waals surface area contributed by atoms with Gasteiger partial charge < -0.3 is 15.2 Å². The van der Waals surface area contributed by atoms with Crippen LogP contribution in [0.15, 0.2) is 66.7 Å². The van der Waals surface area contributed by atoms with E-state index in [0.29, 0.717) is 17.2 Å². The summed E-state index contributed by atoms with van der Waals surface area (Å²) in [4.78, 5) is 35.9. The molecule has 1 amide bonds. The van der Waals surface area contributed by atoms with Crippen LogP contribution in [0.2, 0.25) is 5.02 Å². The fourth-order valence-electron chi connectivity index (χ4n) is 4.47. The lowest BCUT2D eigenvalue weighted by Crippen LogP contribution is -2.39. The summed E-state index contributed by atoms with van der Waals surface area (Å²) in [6, 6.07) is 20.6. The lowest BCUT2D eigenvalue weighted by atomic mass is 9.99. The Morgan fingerprint density at radius 1 is 0.917 bits per heavy atom. The molecule has 1 atom stereocenters. The number of nitrogens with one attached hydrogen (secondary N) is 1. The summed E-state index contributed by atoms with van der Waals surface area (Å²) in [6.07, 6.45) is 3.07. The molecular weight excluding hydrogens is 478 g/mol. The van der Waals surface area contributed by atoms with E-state index in [-0.39, 0.29) is 19.3 Å². The number of hydrogen-bond donors (Lipinski definition) is 2. The van der Waals surface area contributed by atoms with Gasteiger partial charge in [-0.25, -0.2) is 0 Å². The minimum absolute atomic E-state index is 0.0358. The predicted octanol–water partition coefficient (Wildman–Crippen LogP) is 5.38. The van der Waals surface area contributed by atoms with E-state index < -0.39 is 23.9 Å². The quantitative estimate of drug-likeness (QED) is 0.285. The van der Waals surface area contributed by atoms with Gasteiger partial charge in [0.2, 0.25) is 5.91 Å². The molecule has 0 fully saturated rings. The molecule has 4 rings (SSSR count).